The molecule has 0 aromatic carbocycles. The van der Waals surface area contributed by atoms with Gasteiger partial charge in [-0.05, 0) is 18.4 Å². The van der Waals surface area contributed by atoms with Crippen molar-refractivity contribution in [1.82, 2.24) is 4.98 Å². The minimum Gasteiger partial charge on any atom is -0.481 e. The second-order valence-electron chi connectivity index (χ2n) is 3.82. The van der Waals surface area contributed by atoms with Gasteiger partial charge in [-0.1, -0.05) is 25.8 Å². The first-order valence-electron chi connectivity index (χ1n) is 5.50. The van der Waals surface area contributed by atoms with Crippen molar-refractivity contribution in [1.29, 1.82) is 0 Å². The quantitative estimate of drug-likeness (QED) is 0.779. The average Bonchev–Trinajstić information content (AvgIpc) is 2.27. The van der Waals surface area contributed by atoms with E-state index in [0.717, 1.165) is 12.8 Å². The van der Waals surface area contributed by atoms with E-state index >= 15 is 0 Å². The molecule has 2 N–H and O–H groups in total. The molecule has 15 heavy (non-hydrogen) atoms. The van der Waals surface area contributed by atoms with Gasteiger partial charge in [0, 0.05) is 18.3 Å². The maximum atomic E-state index is 6.00. The first-order chi connectivity index (χ1) is 7.26. The van der Waals surface area contributed by atoms with Crippen LogP contribution in [0.3, 0.4) is 0 Å². The van der Waals surface area contributed by atoms with Gasteiger partial charge in [-0.2, -0.15) is 0 Å². The SMILES string of the molecule is CCCCC(N)Cc1ccc(OC)nc1. The maximum Gasteiger partial charge on any atom is 0.212 e. The molecule has 0 spiro atoms. The zero-order valence-corrected chi connectivity index (χ0v) is 9.57. The highest BCUT2D eigenvalue weighted by Crippen LogP contribution is 2.10. The minimum atomic E-state index is 0.250. The largest absolute Gasteiger partial charge is 0.481 e. The molecule has 1 heterocycles. The van der Waals surface area contributed by atoms with Crippen LogP contribution in [0.4, 0.5) is 0 Å². The Morgan fingerprint density at radius 2 is 2.27 bits per heavy atom. The molecule has 0 aliphatic rings. The maximum absolute atomic E-state index is 6.00. The molecule has 0 amide bonds. The van der Waals surface area contributed by atoms with Gasteiger partial charge in [0.25, 0.3) is 0 Å². The van der Waals surface area contributed by atoms with E-state index in [0.29, 0.717) is 5.88 Å². The Balaban J connectivity index is 2.42. The van der Waals surface area contributed by atoms with E-state index in [9.17, 15) is 0 Å². The lowest BCUT2D eigenvalue weighted by atomic mass is 10.0. The molecule has 0 aliphatic heterocycles. The molecule has 84 valence electrons. The van der Waals surface area contributed by atoms with Gasteiger partial charge in [0.1, 0.15) is 0 Å². The number of unbranched alkanes of at least 4 members (excludes halogenated alkanes) is 1. The number of methoxy groups -OCH3 is 1. The molecular formula is C12H20N2O. The molecule has 1 aromatic heterocycles. The van der Waals surface area contributed by atoms with Crippen molar-refractivity contribution < 1.29 is 4.74 Å². The van der Waals surface area contributed by atoms with Crippen LogP contribution in [0.5, 0.6) is 5.88 Å². The van der Waals surface area contributed by atoms with Crippen molar-refractivity contribution in [3.8, 4) is 5.88 Å². The Bertz CT molecular complexity index is 271. The Morgan fingerprint density at radius 1 is 1.47 bits per heavy atom. The van der Waals surface area contributed by atoms with E-state index in [2.05, 4.69) is 11.9 Å². The summed E-state index contributed by atoms with van der Waals surface area (Å²) in [6.07, 6.45) is 6.23. The molecule has 0 fully saturated rings. The third kappa shape index (κ3) is 4.30. The Hall–Kier alpha value is -1.09. The highest BCUT2D eigenvalue weighted by molar-refractivity contribution is 5.18. The minimum absolute atomic E-state index is 0.250. The van der Waals surface area contributed by atoms with Gasteiger partial charge in [0.2, 0.25) is 5.88 Å². The van der Waals surface area contributed by atoms with Gasteiger partial charge in [0.05, 0.1) is 7.11 Å². The molecule has 0 bridgehead atoms. The van der Waals surface area contributed by atoms with Crippen LogP contribution < -0.4 is 10.5 Å². The summed E-state index contributed by atoms with van der Waals surface area (Å²) in [6.45, 7) is 2.18. The lowest BCUT2D eigenvalue weighted by Gasteiger charge is -2.10. The van der Waals surface area contributed by atoms with E-state index in [1.807, 2.05) is 18.3 Å². The topological polar surface area (TPSA) is 48.1 Å². The van der Waals surface area contributed by atoms with Crippen LogP contribution in [0, 0.1) is 0 Å². The van der Waals surface area contributed by atoms with Gasteiger partial charge >= 0.3 is 0 Å². The average molecular weight is 208 g/mol. The van der Waals surface area contributed by atoms with Crippen molar-refractivity contribution in [2.24, 2.45) is 5.73 Å². The molecule has 1 aromatic rings. The summed E-state index contributed by atoms with van der Waals surface area (Å²) >= 11 is 0. The van der Waals surface area contributed by atoms with Crippen LogP contribution in [0.1, 0.15) is 31.7 Å². The summed E-state index contributed by atoms with van der Waals surface area (Å²) < 4.78 is 5.00. The second-order valence-corrected chi connectivity index (χ2v) is 3.82. The molecule has 1 rings (SSSR count). The summed E-state index contributed by atoms with van der Waals surface area (Å²) in [7, 11) is 1.62. The van der Waals surface area contributed by atoms with Gasteiger partial charge < -0.3 is 10.5 Å². The normalized spacial score (nSPS) is 12.5. The van der Waals surface area contributed by atoms with E-state index in [1.165, 1.54) is 18.4 Å². The predicted octanol–water partition coefficient (Wildman–Crippen LogP) is 2.15. The third-order valence-electron chi connectivity index (χ3n) is 2.43. The fraction of sp³-hybridized carbons (Fsp3) is 0.583. The molecule has 1 unspecified atom stereocenters. The van der Waals surface area contributed by atoms with E-state index in [1.54, 1.807) is 7.11 Å². The highest BCUT2D eigenvalue weighted by atomic mass is 16.5. The van der Waals surface area contributed by atoms with Crippen molar-refractivity contribution in [2.75, 3.05) is 7.11 Å². The number of ether oxygens (including phenoxy) is 1. The van der Waals surface area contributed by atoms with Crippen molar-refractivity contribution in [2.45, 2.75) is 38.6 Å². The van der Waals surface area contributed by atoms with E-state index in [4.69, 9.17) is 10.5 Å². The van der Waals surface area contributed by atoms with Gasteiger partial charge in [-0.25, -0.2) is 4.98 Å². The van der Waals surface area contributed by atoms with Crippen molar-refractivity contribution >= 4 is 0 Å². The fourth-order valence-electron chi connectivity index (χ4n) is 1.52. The predicted molar refractivity (Wildman–Crippen MR) is 62.0 cm³/mol. The number of rotatable bonds is 6. The second kappa shape index (κ2) is 6.40. The third-order valence-corrected chi connectivity index (χ3v) is 2.43. The molecule has 0 radical (unpaired) electrons. The Labute approximate surface area is 91.7 Å². The zero-order valence-electron chi connectivity index (χ0n) is 9.57. The lowest BCUT2D eigenvalue weighted by Crippen LogP contribution is -2.22. The summed E-state index contributed by atoms with van der Waals surface area (Å²) in [5.41, 5.74) is 7.18. The van der Waals surface area contributed by atoms with Gasteiger partial charge in [-0.3, -0.25) is 0 Å². The fourth-order valence-corrected chi connectivity index (χ4v) is 1.52. The number of aromatic nitrogens is 1. The molecule has 1 atom stereocenters. The summed E-state index contributed by atoms with van der Waals surface area (Å²) in [6, 6.07) is 4.15. The molecule has 0 saturated heterocycles. The molecule has 0 aliphatic carbocycles. The number of pyridine rings is 1. The van der Waals surface area contributed by atoms with Crippen LogP contribution in [-0.4, -0.2) is 18.1 Å². The zero-order chi connectivity index (χ0) is 11.1. The summed E-state index contributed by atoms with van der Waals surface area (Å²) in [4.78, 5) is 4.15. The number of nitrogens with zero attached hydrogens (tertiary/aromatic N) is 1. The van der Waals surface area contributed by atoms with E-state index in [-0.39, 0.29) is 6.04 Å². The van der Waals surface area contributed by atoms with Crippen LogP contribution in [-0.2, 0) is 6.42 Å². The van der Waals surface area contributed by atoms with E-state index < -0.39 is 0 Å². The molecule has 0 saturated carbocycles. The first kappa shape index (κ1) is 12.0. The number of hydrogen-bond donors (Lipinski definition) is 1. The monoisotopic (exact) mass is 208 g/mol. The van der Waals surface area contributed by atoms with Crippen LogP contribution in [0.25, 0.3) is 0 Å². The lowest BCUT2D eigenvalue weighted by molar-refractivity contribution is 0.397. The number of nitrogens with two attached hydrogens (primary N) is 1. The standard InChI is InChI=1S/C12H20N2O/c1-3-4-5-11(13)8-10-6-7-12(15-2)14-9-10/h6-7,9,11H,3-5,8,13H2,1-2H3. The smallest absolute Gasteiger partial charge is 0.212 e. The van der Waals surface area contributed by atoms with Crippen LogP contribution in [0.15, 0.2) is 18.3 Å². The van der Waals surface area contributed by atoms with Crippen molar-refractivity contribution in [3.63, 3.8) is 0 Å². The van der Waals surface area contributed by atoms with Gasteiger partial charge in [0.15, 0.2) is 0 Å². The highest BCUT2D eigenvalue weighted by Gasteiger charge is 2.04. The van der Waals surface area contributed by atoms with Crippen LogP contribution in [0.2, 0.25) is 0 Å². The Morgan fingerprint density at radius 3 is 2.80 bits per heavy atom. The number of hydrogen-bond acceptors (Lipinski definition) is 3. The summed E-state index contributed by atoms with van der Waals surface area (Å²) in [5, 5.41) is 0. The molecule has 3 nitrogen and oxygen atoms in total. The van der Waals surface area contributed by atoms with Crippen molar-refractivity contribution in [3.05, 3.63) is 23.9 Å². The first-order valence-corrected chi connectivity index (χ1v) is 5.50. The summed E-state index contributed by atoms with van der Waals surface area (Å²) in [5.74, 6) is 0.654. The molecular weight excluding hydrogens is 188 g/mol. The van der Waals surface area contributed by atoms with Crippen LogP contribution >= 0.6 is 0 Å². The molecule has 3 heteroatoms. The Kier molecular flexibility index (Phi) is 5.12. The van der Waals surface area contributed by atoms with Gasteiger partial charge in [-0.15, -0.1) is 0 Å².